The van der Waals surface area contributed by atoms with Gasteiger partial charge in [-0.1, -0.05) is 48.9 Å². The lowest BCUT2D eigenvalue weighted by atomic mass is 10.1. The fourth-order valence-electron chi connectivity index (χ4n) is 7.94. The zero-order valence-electron chi connectivity index (χ0n) is 34.7. The highest BCUT2D eigenvalue weighted by atomic mass is 32.2. The third-order valence-electron chi connectivity index (χ3n) is 11.2. The first kappa shape index (κ1) is 42.5. The van der Waals surface area contributed by atoms with Crippen molar-refractivity contribution in [3.63, 3.8) is 0 Å². The molecule has 0 spiro atoms. The molecule has 2 fully saturated rings. The lowest BCUT2D eigenvalue weighted by Gasteiger charge is -2.26. The molecule has 2 aromatic heterocycles. The number of rotatable bonds is 9. The van der Waals surface area contributed by atoms with Gasteiger partial charge in [-0.25, -0.2) is 27.9 Å². The zero-order chi connectivity index (χ0) is 43.4. The number of allylic oxidation sites excluding steroid dienone is 1. The monoisotopic (exact) mass is 878 g/mol. The van der Waals surface area contributed by atoms with Gasteiger partial charge in [0.05, 0.1) is 30.6 Å². The number of hydrogen-bond donors (Lipinski definition) is 5. The van der Waals surface area contributed by atoms with Gasteiger partial charge in [-0.3, -0.25) is 9.59 Å². The highest BCUT2D eigenvalue weighted by molar-refractivity contribution is 7.90. The quantitative estimate of drug-likeness (QED) is 0.0944. The van der Waals surface area contributed by atoms with E-state index in [4.69, 9.17) is 19.4 Å². The van der Waals surface area contributed by atoms with E-state index in [0.29, 0.717) is 51.7 Å². The molecular weight excluding hydrogens is 829 g/mol. The molecule has 3 aliphatic rings. The number of benzene rings is 3. The van der Waals surface area contributed by atoms with Crippen LogP contribution in [0.4, 0.5) is 21.3 Å². The zero-order valence-corrected chi connectivity index (χ0v) is 36.4. The predicted octanol–water partition coefficient (Wildman–Crippen LogP) is 7.16. The maximum absolute atomic E-state index is 14.6. The van der Waals surface area contributed by atoms with Gasteiger partial charge in [0.2, 0.25) is 5.91 Å². The minimum Gasteiger partial charge on any atom is -0.497 e. The van der Waals surface area contributed by atoms with Crippen LogP contribution in [-0.4, -0.2) is 85.1 Å². The van der Waals surface area contributed by atoms with E-state index in [1.165, 1.54) is 22.3 Å². The van der Waals surface area contributed by atoms with E-state index in [9.17, 15) is 22.8 Å². The number of amides is 4. The van der Waals surface area contributed by atoms with Crippen LogP contribution in [0.2, 0.25) is 0 Å². The fourth-order valence-corrected chi connectivity index (χ4v) is 10.0. The first-order valence-corrected chi connectivity index (χ1v) is 23.2. The maximum Gasteiger partial charge on any atom is 0.322 e. The Kier molecular flexibility index (Phi) is 12.4. The fraction of sp³-hybridized carbons (Fsp3) is 0.356. The Morgan fingerprint density at radius 2 is 1.79 bits per heavy atom. The first-order valence-electron chi connectivity index (χ1n) is 20.8. The van der Waals surface area contributed by atoms with Crippen molar-refractivity contribution in [3.8, 4) is 22.9 Å². The average Bonchev–Trinajstić information content (AvgIpc) is 3.51. The van der Waals surface area contributed by atoms with E-state index in [1.54, 1.807) is 55.6 Å². The minimum atomic E-state index is -4.35. The molecule has 1 saturated carbocycles. The Morgan fingerprint density at radius 3 is 2.60 bits per heavy atom. The van der Waals surface area contributed by atoms with E-state index in [2.05, 4.69) is 26.0 Å². The van der Waals surface area contributed by atoms with Crippen molar-refractivity contribution in [2.75, 3.05) is 36.1 Å². The second kappa shape index (κ2) is 18.0. The van der Waals surface area contributed by atoms with Crippen LogP contribution in [0.5, 0.6) is 11.5 Å². The number of ether oxygens (including phenoxy) is 2. The second-order valence-corrected chi connectivity index (χ2v) is 18.6. The van der Waals surface area contributed by atoms with Gasteiger partial charge >= 0.3 is 6.03 Å². The summed E-state index contributed by atoms with van der Waals surface area (Å²) >= 11 is 1.46. The molecule has 4 amide bonds. The van der Waals surface area contributed by atoms with Crippen molar-refractivity contribution >= 4 is 66.6 Å². The smallest absolute Gasteiger partial charge is 0.322 e. The topological polar surface area (TPSA) is 193 Å². The molecule has 0 unspecified atom stereocenters. The molecule has 8 rings (SSSR count). The Hall–Kier alpha value is -6.20. The number of nitrogens with zero attached hydrogens (tertiary/aromatic N) is 3. The number of nitrogens with one attached hydrogen (secondary N) is 5. The Labute approximate surface area is 364 Å². The molecule has 1 saturated heterocycles. The molecule has 4 atom stereocenters. The molecule has 1 aliphatic carbocycles. The number of pyridine rings is 1. The van der Waals surface area contributed by atoms with Gasteiger partial charge in [-0.2, -0.15) is 0 Å². The summed E-state index contributed by atoms with van der Waals surface area (Å²) in [5.41, 5.74) is 1.15. The number of hydrogen-bond acceptors (Lipinski definition) is 12. The number of urea groups is 1. The molecule has 4 heterocycles. The molecular formula is C45H50N8O7S2. The van der Waals surface area contributed by atoms with Crippen molar-refractivity contribution in [1.82, 2.24) is 24.9 Å². The Balaban J connectivity index is 1.10. The van der Waals surface area contributed by atoms with Crippen molar-refractivity contribution in [1.29, 1.82) is 0 Å². The largest absolute Gasteiger partial charge is 0.497 e. The number of methoxy groups -OCH3 is 1. The first-order chi connectivity index (χ1) is 29.9. The van der Waals surface area contributed by atoms with Crippen LogP contribution in [0.25, 0.3) is 22.3 Å². The normalized spacial score (nSPS) is 22.7. The van der Waals surface area contributed by atoms with Crippen molar-refractivity contribution < 1.29 is 32.3 Å². The number of thiazole rings is 1. The van der Waals surface area contributed by atoms with E-state index < -0.39 is 51.5 Å². The molecule has 5 aromatic rings. The molecule has 5 N–H and O–H groups in total. The van der Waals surface area contributed by atoms with Gasteiger partial charge in [0, 0.05) is 53.5 Å². The van der Waals surface area contributed by atoms with Gasteiger partial charge in [0.25, 0.3) is 15.9 Å². The van der Waals surface area contributed by atoms with E-state index in [-0.39, 0.29) is 30.3 Å². The van der Waals surface area contributed by atoms with Crippen LogP contribution in [0, 0.1) is 5.92 Å². The number of anilines is 3. The van der Waals surface area contributed by atoms with Gasteiger partial charge in [-0.15, -0.1) is 11.3 Å². The summed E-state index contributed by atoms with van der Waals surface area (Å²) in [6.07, 6.45) is 6.87. The van der Waals surface area contributed by atoms with E-state index in [0.717, 1.165) is 30.8 Å². The molecule has 0 radical (unpaired) electrons. The van der Waals surface area contributed by atoms with Crippen LogP contribution in [0.3, 0.4) is 0 Å². The number of likely N-dealkylation sites (tertiary alicyclic amines) is 1. The van der Waals surface area contributed by atoms with Crippen LogP contribution >= 0.6 is 11.3 Å². The van der Waals surface area contributed by atoms with E-state index >= 15 is 0 Å². The van der Waals surface area contributed by atoms with Crippen LogP contribution in [0.15, 0.2) is 101 Å². The number of para-hydroxylation sites is 2. The van der Waals surface area contributed by atoms with Crippen molar-refractivity contribution in [2.45, 2.75) is 81.0 Å². The molecule has 2 aliphatic heterocycles. The number of sulfonamides is 1. The minimum absolute atomic E-state index is 0.0197. The Bertz CT molecular complexity index is 2600. The lowest BCUT2D eigenvalue weighted by molar-refractivity contribution is -0.131. The third-order valence-corrected chi connectivity index (χ3v) is 13.4. The van der Waals surface area contributed by atoms with Gasteiger partial charge in [0.1, 0.15) is 39.8 Å². The number of fused-ring (bicyclic) bond motifs is 3. The van der Waals surface area contributed by atoms with Crippen LogP contribution in [0.1, 0.15) is 52.4 Å². The summed E-state index contributed by atoms with van der Waals surface area (Å²) in [5, 5.41) is 15.7. The van der Waals surface area contributed by atoms with Crippen molar-refractivity contribution in [2.24, 2.45) is 5.92 Å². The van der Waals surface area contributed by atoms with Gasteiger partial charge in [0.15, 0.2) is 5.13 Å². The molecule has 15 nitrogen and oxygen atoms in total. The highest BCUT2D eigenvalue weighted by Crippen LogP contribution is 2.46. The molecule has 324 valence electrons. The summed E-state index contributed by atoms with van der Waals surface area (Å²) in [6, 6.07) is 21.1. The standard InChI is InChI=1S/C45H50N8O7S2/c1-28(2)47-43-50-37(27-61-43)36-24-39(33-20-19-31(59-3)22-35(33)49-36)60-32-23-38(53(26-32)44(56)48-30-15-9-7-10-16-30)41(54)51-45-25-29(45)14-8-5-4-6-13-21-46-34-17-11-12-18-40(34)62(57,58)52-42(45)55/h7-12,14-20,22,24,27-29,32,38,46H,4-6,13,21,23,25-26H2,1-3H3,(H,47,50)(H,48,56)(H,51,54)(H,52,55)/b14-8-/t29-,32-,38+,45-/m1/s1. The maximum atomic E-state index is 14.6. The summed E-state index contributed by atoms with van der Waals surface area (Å²) in [6.45, 7) is 4.66. The molecule has 17 heteroatoms. The highest BCUT2D eigenvalue weighted by Gasteiger charge is 2.61. The Morgan fingerprint density at radius 1 is 0.984 bits per heavy atom. The SMILES string of the molecule is COc1ccc2c(O[C@@H]3C[C@@H](C(=O)N[C@]45C[C@H]4/C=C\CCCCCNc4ccccc4S(=O)(=O)NC5=O)N(C(=O)Nc4ccccc4)C3)cc(-c3csc(NC(C)C)n3)nc2c1. The molecule has 3 aromatic carbocycles. The molecule has 62 heavy (non-hydrogen) atoms. The third kappa shape index (κ3) is 9.33. The van der Waals surface area contributed by atoms with Crippen molar-refractivity contribution in [3.05, 3.63) is 96.4 Å². The summed E-state index contributed by atoms with van der Waals surface area (Å²) in [5.74, 6) is -0.855. The summed E-state index contributed by atoms with van der Waals surface area (Å²) in [7, 11) is -2.77. The number of aromatic nitrogens is 2. The van der Waals surface area contributed by atoms with Crippen LogP contribution in [-0.2, 0) is 19.6 Å². The summed E-state index contributed by atoms with van der Waals surface area (Å²) in [4.78, 5) is 54.0. The predicted molar refractivity (Wildman–Crippen MR) is 240 cm³/mol. The van der Waals surface area contributed by atoms with E-state index in [1.807, 2.05) is 55.6 Å². The average molecular weight is 879 g/mol. The number of carbonyl (C=O) groups excluding carboxylic acids is 3. The molecule has 0 bridgehead atoms. The van der Waals surface area contributed by atoms with Gasteiger partial charge in [-0.05, 0) is 75.9 Å². The number of carbonyl (C=O) groups is 3. The summed E-state index contributed by atoms with van der Waals surface area (Å²) < 4.78 is 42.2. The van der Waals surface area contributed by atoms with Gasteiger partial charge < -0.3 is 35.6 Å². The van der Waals surface area contributed by atoms with Crippen LogP contribution < -0.4 is 35.5 Å². The lowest BCUT2D eigenvalue weighted by Crippen LogP contribution is -2.56. The second-order valence-electron chi connectivity index (χ2n) is 16.1.